The highest BCUT2D eigenvalue weighted by Crippen LogP contribution is 2.74. The normalized spacial score (nSPS) is 51.0. The Morgan fingerprint density at radius 3 is 2.61 bits per heavy atom. The van der Waals surface area contributed by atoms with Gasteiger partial charge in [-0.1, -0.05) is 6.92 Å². The van der Waals surface area contributed by atoms with Gasteiger partial charge in [-0.3, -0.25) is 0 Å². The van der Waals surface area contributed by atoms with E-state index in [-0.39, 0.29) is 5.79 Å². The molecule has 5 atom stereocenters. The second-order valence-electron chi connectivity index (χ2n) is 9.18. The fraction of sp³-hybridized carbons (Fsp3) is 0.900. The molecule has 1 aliphatic heterocycles. The van der Waals surface area contributed by atoms with Crippen molar-refractivity contribution in [3.05, 3.63) is 11.3 Å². The zero-order valence-electron chi connectivity index (χ0n) is 14.6. The van der Waals surface area contributed by atoms with Crippen molar-refractivity contribution >= 4 is 0 Å². The molecule has 3 nitrogen and oxygen atoms in total. The number of hydrogen-bond donors (Lipinski definition) is 1. The van der Waals surface area contributed by atoms with E-state index in [4.69, 9.17) is 9.47 Å². The molecule has 3 heteroatoms. The van der Waals surface area contributed by atoms with Gasteiger partial charge in [-0.25, -0.2) is 0 Å². The zero-order chi connectivity index (χ0) is 15.9. The number of aliphatic hydroxyl groups is 1. The van der Waals surface area contributed by atoms with Crippen molar-refractivity contribution in [2.24, 2.45) is 28.6 Å². The van der Waals surface area contributed by atoms with E-state index in [1.807, 2.05) is 0 Å². The summed E-state index contributed by atoms with van der Waals surface area (Å²) < 4.78 is 12.3. The molecule has 0 aromatic carbocycles. The van der Waals surface area contributed by atoms with E-state index in [0.717, 1.165) is 32.0 Å². The first-order chi connectivity index (χ1) is 11.0. The second-order valence-corrected chi connectivity index (χ2v) is 9.18. The third kappa shape index (κ3) is 1.64. The fourth-order valence-corrected chi connectivity index (χ4v) is 7.66. The van der Waals surface area contributed by atoms with E-state index in [1.165, 1.54) is 44.1 Å². The van der Waals surface area contributed by atoms with Gasteiger partial charge in [0.05, 0.1) is 19.0 Å². The number of fused-ring (bicyclic) bond motifs is 3. The highest BCUT2D eigenvalue weighted by Gasteiger charge is 2.68. The molecule has 2 bridgehead atoms. The number of rotatable bonds is 0. The van der Waals surface area contributed by atoms with Gasteiger partial charge in [0.1, 0.15) is 0 Å². The monoisotopic (exact) mass is 318 g/mol. The van der Waals surface area contributed by atoms with E-state index < -0.39 is 0 Å². The summed E-state index contributed by atoms with van der Waals surface area (Å²) in [6.07, 6.45) is 9.59. The molecule has 0 aromatic heterocycles. The van der Waals surface area contributed by atoms with Crippen LogP contribution in [0.25, 0.3) is 0 Å². The Hall–Kier alpha value is -0.540. The molecule has 128 valence electrons. The third-order valence-corrected chi connectivity index (χ3v) is 8.85. The van der Waals surface area contributed by atoms with Gasteiger partial charge in [0, 0.05) is 18.8 Å². The fourth-order valence-electron chi connectivity index (χ4n) is 7.66. The summed E-state index contributed by atoms with van der Waals surface area (Å²) in [4.78, 5) is 0. The summed E-state index contributed by atoms with van der Waals surface area (Å²) in [6, 6.07) is 0. The molecule has 2 spiro atoms. The van der Waals surface area contributed by atoms with Crippen molar-refractivity contribution in [3.8, 4) is 0 Å². The van der Waals surface area contributed by atoms with E-state index in [2.05, 4.69) is 13.8 Å². The van der Waals surface area contributed by atoms with Gasteiger partial charge < -0.3 is 14.6 Å². The van der Waals surface area contributed by atoms with Crippen LogP contribution in [0.1, 0.15) is 65.2 Å². The largest absolute Gasteiger partial charge is 0.512 e. The van der Waals surface area contributed by atoms with Crippen molar-refractivity contribution in [2.75, 3.05) is 13.2 Å². The average Bonchev–Trinajstić information content (AvgIpc) is 3.12. The van der Waals surface area contributed by atoms with Gasteiger partial charge in [0.2, 0.25) is 0 Å². The minimum Gasteiger partial charge on any atom is -0.512 e. The Labute approximate surface area is 139 Å². The van der Waals surface area contributed by atoms with Crippen molar-refractivity contribution < 1.29 is 14.6 Å². The standard InChI is InChI=1S/C20H30O3/c1-13-16-4-3-14-11-15-12-19(14,18(16,2)6-5-17(13)21)7-8-20(15)22-9-10-23-20/h14-16,21H,3-12H2,1-2H3/t14-,15?,16-,18-,19-/m0/s1. The molecule has 1 N–H and O–H groups in total. The van der Waals surface area contributed by atoms with Crippen LogP contribution in [0.4, 0.5) is 0 Å². The Morgan fingerprint density at radius 1 is 1.04 bits per heavy atom. The Balaban J connectivity index is 1.55. The van der Waals surface area contributed by atoms with Gasteiger partial charge in [0.25, 0.3) is 0 Å². The van der Waals surface area contributed by atoms with Crippen LogP contribution in [0.15, 0.2) is 11.3 Å². The number of hydrogen-bond acceptors (Lipinski definition) is 3. The first kappa shape index (κ1) is 14.8. The van der Waals surface area contributed by atoms with Gasteiger partial charge in [0.15, 0.2) is 5.79 Å². The smallest absolute Gasteiger partial charge is 0.171 e. The third-order valence-electron chi connectivity index (χ3n) is 8.85. The van der Waals surface area contributed by atoms with E-state index >= 15 is 0 Å². The Bertz CT molecular complexity index is 561. The van der Waals surface area contributed by atoms with Crippen molar-refractivity contribution in [2.45, 2.75) is 71.0 Å². The van der Waals surface area contributed by atoms with Crippen LogP contribution in [0.5, 0.6) is 0 Å². The predicted molar refractivity (Wildman–Crippen MR) is 87.9 cm³/mol. The minimum atomic E-state index is -0.240. The molecule has 1 unspecified atom stereocenters. The maximum Gasteiger partial charge on any atom is 0.171 e. The highest BCUT2D eigenvalue weighted by atomic mass is 16.7. The lowest BCUT2D eigenvalue weighted by molar-refractivity contribution is -0.227. The van der Waals surface area contributed by atoms with Crippen LogP contribution in [-0.2, 0) is 9.47 Å². The molecule has 0 aromatic rings. The molecule has 1 heterocycles. The molecule has 23 heavy (non-hydrogen) atoms. The quantitative estimate of drug-likeness (QED) is 0.710. The molecule has 3 saturated carbocycles. The average molecular weight is 318 g/mol. The van der Waals surface area contributed by atoms with Gasteiger partial charge >= 0.3 is 0 Å². The maximum atomic E-state index is 10.3. The van der Waals surface area contributed by atoms with Crippen LogP contribution in [0.2, 0.25) is 0 Å². The van der Waals surface area contributed by atoms with Crippen molar-refractivity contribution in [1.82, 2.24) is 0 Å². The Morgan fingerprint density at radius 2 is 1.83 bits per heavy atom. The second kappa shape index (κ2) is 4.54. The van der Waals surface area contributed by atoms with Crippen LogP contribution < -0.4 is 0 Å². The number of allylic oxidation sites excluding steroid dienone is 2. The van der Waals surface area contributed by atoms with Crippen LogP contribution in [0.3, 0.4) is 0 Å². The number of ether oxygens (including phenoxy) is 2. The van der Waals surface area contributed by atoms with Gasteiger partial charge in [-0.05, 0) is 73.7 Å². The van der Waals surface area contributed by atoms with E-state index in [9.17, 15) is 5.11 Å². The first-order valence-electron chi connectivity index (χ1n) is 9.67. The lowest BCUT2D eigenvalue weighted by Crippen LogP contribution is -2.55. The summed E-state index contributed by atoms with van der Waals surface area (Å²) in [7, 11) is 0. The highest BCUT2D eigenvalue weighted by molar-refractivity contribution is 5.25. The maximum absolute atomic E-state index is 10.3. The van der Waals surface area contributed by atoms with E-state index in [1.54, 1.807) is 0 Å². The van der Waals surface area contributed by atoms with E-state index in [0.29, 0.717) is 28.4 Å². The summed E-state index contributed by atoms with van der Waals surface area (Å²) in [5, 5.41) is 10.3. The van der Waals surface area contributed by atoms with Crippen molar-refractivity contribution in [3.63, 3.8) is 0 Å². The molecule has 4 fully saturated rings. The lowest BCUT2D eigenvalue weighted by Gasteiger charge is -2.61. The summed E-state index contributed by atoms with van der Waals surface area (Å²) in [5.41, 5.74) is 2.12. The molecule has 5 rings (SSSR count). The summed E-state index contributed by atoms with van der Waals surface area (Å²) >= 11 is 0. The van der Waals surface area contributed by atoms with Crippen molar-refractivity contribution in [1.29, 1.82) is 0 Å². The van der Waals surface area contributed by atoms with Crippen LogP contribution in [-0.4, -0.2) is 24.1 Å². The summed E-state index contributed by atoms with van der Waals surface area (Å²) in [6.45, 7) is 6.30. The molecule has 5 aliphatic rings. The first-order valence-corrected chi connectivity index (χ1v) is 9.67. The van der Waals surface area contributed by atoms with Gasteiger partial charge in [-0.15, -0.1) is 0 Å². The number of aliphatic hydroxyl groups excluding tert-OH is 1. The topological polar surface area (TPSA) is 38.7 Å². The SMILES string of the molecule is CC1=C(O)CC[C@@]2(C)[C@H]1CC[C@H]1CC3C[C@@]12CCC31OCCO1. The van der Waals surface area contributed by atoms with Crippen LogP contribution >= 0.6 is 0 Å². The molecular formula is C20H30O3. The predicted octanol–water partition coefficient (Wildman–Crippen LogP) is 4.58. The summed E-state index contributed by atoms with van der Waals surface area (Å²) in [5.74, 6) is 2.47. The lowest BCUT2D eigenvalue weighted by atomic mass is 9.43. The zero-order valence-corrected chi connectivity index (χ0v) is 14.6. The Kier molecular flexibility index (Phi) is 2.92. The molecule has 0 radical (unpaired) electrons. The molecule has 4 aliphatic carbocycles. The molecule has 0 amide bonds. The molecule has 1 saturated heterocycles. The van der Waals surface area contributed by atoms with Gasteiger partial charge in [-0.2, -0.15) is 0 Å². The minimum absolute atomic E-state index is 0.240. The van der Waals surface area contributed by atoms with Crippen LogP contribution in [0, 0.1) is 28.6 Å². The molecular weight excluding hydrogens is 288 g/mol.